The number of aromatic nitrogens is 3. The highest BCUT2D eigenvalue weighted by atomic mass is 35.5. The molecule has 2 N–H and O–H groups in total. The molecule has 1 aromatic heterocycles. The number of halogens is 7. The number of alkyl halides is 6. The Bertz CT molecular complexity index is 1240. The highest BCUT2D eigenvalue weighted by molar-refractivity contribution is 7.90. The van der Waals surface area contributed by atoms with E-state index in [2.05, 4.69) is 15.5 Å². The van der Waals surface area contributed by atoms with Crippen LogP contribution in [0.15, 0.2) is 53.4 Å². The van der Waals surface area contributed by atoms with Crippen LogP contribution in [0.25, 0.3) is 5.69 Å². The highest BCUT2D eigenvalue weighted by Crippen LogP contribution is 2.36. The van der Waals surface area contributed by atoms with Gasteiger partial charge in [0.25, 0.3) is 10.0 Å². The third kappa shape index (κ3) is 5.54. The summed E-state index contributed by atoms with van der Waals surface area (Å²) in [6.45, 7) is 0. The number of anilines is 1. The van der Waals surface area contributed by atoms with Crippen LogP contribution in [-0.4, -0.2) is 29.2 Å². The first-order chi connectivity index (χ1) is 15.2. The average molecular weight is 514 g/mol. The number of sulfonamides is 1. The molecule has 3 rings (SSSR count). The van der Waals surface area contributed by atoms with E-state index in [-0.39, 0.29) is 10.3 Å². The Labute approximate surface area is 186 Å². The van der Waals surface area contributed by atoms with E-state index in [0.717, 1.165) is 0 Å². The molecular weight excluding hydrogens is 504 g/mol. The number of hydrogen-bond donors (Lipinski definition) is 2. The van der Waals surface area contributed by atoms with Gasteiger partial charge in [-0.25, -0.2) is 17.9 Å². The van der Waals surface area contributed by atoms with E-state index in [4.69, 9.17) is 11.6 Å². The minimum atomic E-state index is -5.28. The molecule has 176 valence electrons. The molecule has 8 nitrogen and oxygen atoms in total. The first kappa shape index (κ1) is 24.3. The summed E-state index contributed by atoms with van der Waals surface area (Å²) in [5, 5.41) is 7.71. The van der Waals surface area contributed by atoms with Crippen molar-refractivity contribution in [3.63, 3.8) is 0 Å². The molecule has 0 aliphatic carbocycles. The Kier molecular flexibility index (Phi) is 6.30. The molecule has 0 unspecified atom stereocenters. The molecule has 33 heavy (non-hydrogen) atoms. The largest absolute Gasteiger partial charge is 0.452 e. The molecule has 0 bridgehead atoms. The van der Waals surface area contributed by atoms with Crippen LogP contribution in [0.3, 0.4) is 0 Å². The van der Waals surface area contributed by atoms with E-state index in [1.807, 2.05) is 0 Å². The fourth-order valence-corrected chi connectivity index (χ4v) is 3.57. The van der Waals surface area contributed by atoms with Crippen LogP contribution in [-0.2, 0) is 22.4 Å². The van der Waals surface area contributed by atoms with Crippen molar-refractivity contribution in [2.75, 3.05) is 5.32 Å². The second-order valence-corrected chi connectivity index (χ2v) is 8.36. The van der Waals surface area contributed by atoms with E-state index >= 15 is 0 Å². The summed E-state index contributed by atoms with van der Waals surface area (Å²) in [5.74, 6) is -3.91. The van der Waals surface area contributed by atoms with Gasteiger partial charge in [-0.1, -0.05) is 11.6 Å². The number of carbonyl (C=O) groups is 1. The molecule has 0 atom stereocenters. The minimum absolute atomic E-state index is 0.203. The zero-order chi connectivity index (χ0) is 24.6. The SMILES string of the molecule is O=C(Nc1ccc(Cl)cc1)NS(=O)(=O)c1ccc(-n2c(C(F)(F)F)nnc2C(F)(F)F)cc1. The molecule has 0 spiro atoms. The second kappa shape index (κ2) is 8.55. The van der Waals surface area contributed by atoms with Gasteiger partial charge >= 0.3 is 18.4 Å². The summed E-state index contributed by atoms with van der Waals surface area (Å²) in [4.78, 5) is 11.3. The van der Waals surface area contributed by atoms with Gasteiger partial charge in [0.2, 0.25) is 11.6 Å². The van der Waals surface area contributed by atoms with Gasteiger partial charge in [-0.2, -0.15) is 26.3 Å². The van der Waals surface area contributed by atoms with Crippen molar-refractivity contribution in [3.05, 3.63) is 65.2 Å². The van der Waals surface area contributed by atoms with Gasteiger partial charge in [0.15, 0.2) is 0 Å². The summed E-state index contributed by atoms with van der Waals surface area (Å²) < 4.78 is 105. The highest BCUT2D eigenvalue weighted by Gasteiger charge is 2.45. The average Bonchev–Trinajstić information content (AvgIpc) is 3.16. The standard InChI is InChI=1S/C17H10ClF6N5O3S/c18-9-1-3-10(4-2-9)25-15(30)28-33(31,32)12-7-5-11(6-8-12)29-13(16(19,20)21)26-27-14(29)17(22,23)24/h1-8H,(H2,25,28,30). The normalized spacial score (nSPS) is 12.5. The number of benzene rings is 2. The van der Waals surface area contributed by atoms with Crippen molar-refractivity contribution in [2.45, 2.75) is 17.2 Å². The van der Waals surface area contributed by atoms with Crippen LogP contribution in [0.5, 0.6) is 0 Å². The topological polar surface area (TPSA) is 106 Å². The Morgan fingerprint density at radius 1 is 0.848 bits per heavy atom. The molecule has 2 amide bonds. The lowest BCUT2D eigenvalue weighted by Gasteiger charge is -2.14. The van der Waals surface area contributed by atoms with Gasteiger partial charge in [-0.3, -0.25) is 4.57 Å². The zero-order valence-electron chi connectivity index (χ0n) is 15.7. The predicted octanol–water partition coefficient (Wildman–Crippen LogP) is 4.47. The quantitative estimate of drug-likeness (QED) is 0.501. The van der Waals surface area contributed by atoms with Crippen LogP contribution in [0.4, 0.5) is 36.8 Å². The molecular formula is C17H10ClF6N5O3S. The van der Waals surface area contributed by atoms with Crippen molar-refractivity contribution in [1.29, 1.82) is 0 Å². The fourth-order valence-electron chi connectivity index (χ4n) is 2.54. The van der Waals surface area contributed by atoms with Gasteiger partial charge in [0.05, 0.1) is 4.90 Å². The van der Waals surface area contributed by atoms with E-state index < -0.39 is 50.6 Å². The minimum Gasteiger partial charge on any atom is -0.307 e. The van der Waals surface area contributed by atoms with Gasteiger partial charge in [-0.05, 0) is 48.5 Å². The van der Waals surface area contributed by atoms with Crippen molar-refractivity contribution in [1.82, 2.24) is 19.5 Å². The molecule has 0 saturated carbocycles. The van der Waals surface area contributed by atoms with Gasteiger partial charge < -0.3 is 5.32 Å². The maximum absolute atomic E-state index is 13.1. The van der Waals surface area contributed by atoms with E-state index in [0.29, 0.717) is 29.3 Å². The van der Waals surface area contributed by atoms with Crippen molar-refractivity contribution in [2.24, 2.45) is 0 Å². The Balaban J connectivity index is 1.87. The van der Waals surface area contributed by atoms with Crippen LogP contribution < -0.4 is 10.0 Å². The first-order valence-electron chi connectivity index (χ1n) is 8.48. The Morgan fingerprint density at radius 3 is 1.79 bits per heavy atom. The van der Waals surface area contributed by atoms with E-state index in [1.54, 1.807) is 4.72 Å². The maximum atomic E-state index is 13.1. The number of hydrogen-bond acceptors (Lipinski definition) is 5. The predicted molar refractivity (Wildman–Crippen MR) is 102 cm³/mol. The molecule has 1 heterocycles. The molecule has 2 aromatic carbocycles. The molecule has 16 heteroatoms. The third-order valence-corrected chi connectivity index (χ3v) is 5.50. The summed E-state index contributed by atoms with van der Waals surface area (Å²) in [7, 11) is -4.52. The number of rotatable bonds is 4. The molecule has 0 aliphatic heterocycles. The first-order valence-corrected chi connectivity index (χ1v) is 10.3. The van der Waals surface area contributed by atoms with Gasteiger partial charge in [0.1, 0.15) is 0 Å². The maximum Gasteiger partial charge on any atom is 0.452 e. The number of nitrogens with zero attached hydrogens (tertiary/aromatic N) is 3. The number of urea groups is 1. The van der Waals surface area contributed by atoms with Crippen LogP contribution in [0.2, 0.25) is 5.02 Å². The summed E-state index contributed by atoms with van der Waals surface area (Å²) in [5.41, 5.74) is -0.501. The summed E-state index contributed by atoms with van der Waals surface area (Å²) >= 11 is 5.70. The third-order valence-electron chi connectivity index (χ3n) is 3.90. The molecule has 0 radical (unpaired) electrons. The van der Waals surface area contributed by atoms with Crippen molar-refractivity contribution in [3.8, 4) is 5.69 Å². The smallest absolute Gasteiger partial charge is 0.307 e. The number of amides is 2. The molecule has 0 fully saturated rings. The summed E-state index contributed by atoms with van der Waals surface area (Å²) in [6, 6.07) is 7.26. The lowest BCUT2D eigenvalue weighted by atomic mass is 10.3. The lowest BCUT2D eigenvalue weighted by molar-refractivity contribution is -0.153. The molecule has 0 saturated heterocycles. The fraction of sp³-hybridized carbons (Fsp3) is 0.118. The van der Waals surface area contributed by atoms with Crippen molar-refractivity contribution >= 4 is 33.3 Å². The second-order valence-electron chi connectivity index (χ2n) is 6.24. The molecule has 3 aromatic rings. The number of carbonyl (C=O) groups excluding carboxylic acids is 1. The van der Waals surface area contributed by atoms with Gasteiger partial charge in [-0.15, -0.1) is 10.2 Å². The van der Waals surface area contributed by atoms with Gasteiger partial charge in [0, 0.05) is 16.4 Å². The van der Waals surface area contributed by atoms with E-state index in [1.165, 1.54) is 24.3 Å². The molecule has 0 aliphatic rings. The van der Waals surface area contributed by atoms with Crippen LogP contribution >= 0.6 is 11.6 Å². The zero-order valence-corrected chi connectivity index (χ0v) is 17.3. The van der Waals surface area contributed by atoms with E-state index in [9.17, 15) is 39.6 Å². The van der Waals surface area contributed by atoms with Crippen LogP contribution in [0.1, 0.15) is 11.6 Å². The Hall–Kier alpha value is -3.33. The van der Waals surface area contributed by atoms with Crippen LogP contribution in [0, 0.1) is 0 Å². The summed E-state index contributed by atoms with van der Waals surface area (Å²) in [6.07, 6.45) is -10.6. The lowest BCUT2D eigenvalue weighted by Crippen LogP contribution is -2.34. The monoisotopic (exact) mass is 513 g/mol. The Morgan fingerprint density at radius 2 is 1.33 bits per heavy atom. The number of nitrogens with one attached hydrogen (secondary N) is 2. The van der Waals surface area contributed by atoms with Crippen molar-refractivity contribution < 1.29 is 39.6 Å².